The fourth-order valence-corrected chi connectivity index (χ4v) is 10.7. The van der Waals surface area contributed by atoms with E-state index in [2.05, 4.69) is 31.3 Å². The Morgan fingerprint density at radius 2 is 0.627 bits per heavy atom. The highest BCUT2D eigenvalue weighted by atomic mass is 16.5. The summed E-state index contributed by atoms with van der Waals surface area (Å²) in [6.07, 6.45) is 81.0. The molecule has 3 N–H and O–H groups in total. The van der Waals surface area contributed by atoms with Crippen LogP contribution in [0.5, 0.6) is 0 Å². The Bertz CT molecular complexity index is 1170. The van der Waals surface area contributed by atoms with Crippen LogP contribution in [0.2, 0.25) is 0 Å². The summed E-state index contributed by atoms with van der Waals surface area (Å²) in [6.45, 7) is 4.92. The molecule has 2 atom stereocenters. The maximum Gasteiger partial charge on any atom is 0.305 e. The van der Waals surface area contributed by atoms with Crippen molar-refractivity contribution in [3.63, 3.8) is 0 Å². The summed E-state index contributed by atoms with van der Waals surface area (Å²) in [5.74, 6) is -0.0527. The number of nitrogens with one attached hydrogen (secondary N) is 1. The van der Waals surface area contributed by atoms with E-state index in [4.69, 9.17) is 4.74 Å². The molecule has 444 valence electrons. The fraction of sp³-hybridized carbons (Fsp3) is 0.913. The molecule has 0 aromatic heterocycles. The molecule has 0 saturated heterocycles. The highest BCUT2D eigenvalue weighted by Crippen LogP contribution is 2.18. The van der Waals surface area contributed by atoms with E-state index < -0.39 is 12.1 Å². The van der Waals surface area contributed by atoms with Gasteiger partial charge in [-0.15, -0.1) is 0 Å². The quantitative estimate of drug-likeness (QED) is 0.0320. The largest absolute Gasteiger partial charge is 0.466 e. The maximum absolute atomic E-state index is 12.5. The Kier molecular flexibility index (Phi) is 63.4. The molecule has 0 aliphatic heterocycles. The average Bonchev–Trinajstić information content (AvgIpc) is 3.41. The van der Waals surface area contributed by atoms with E-state index in [0.717, 1.165) is 44.9 Å². The van der Waals surface area contributed by atoms with E-state index in [0.29, 0.717) is 19.4 Å². The van der Waals surface area contributed by atoms with Crippen molar-refractivity contribution < 1.29 is 24.5 Å². The number of allylic oxidation sites excluding steroid dienone is 3. The maximum atomic E-state index is 12.5. The number of aliphatic hydroxyl groups excluding tert-OH is 2. The first-order valence-electron chi connectivity index (χ1n) is 34.1. The van der Waals surface area contributed by atoms with Gasteiger partial charge in [-0.05, 0) is 57.8 Å². The van der Waals surface area contributed by atoms with Gasteiger partial charge in [-0.1, -0.05) is 334 Å². The Labute approximate surface area is 469 Å². The van der Waals surface area contributed by atoms with E-state index in [9.17, 15) is 19.8 Å². The third-order valence-electron chi connectivity index (χ3n) is 16.0. The molecule has 0 aliphatic rings. The third kappa shape index (κ3) is 61.4. The zero-order valence-electron chi connectivity index (χ0n) is 50.8. The van der Waals surface area contributed by atoms with Crippen molar-refractivity contribution >= 4 is 11.9 Å². The average molecular weight is 1060 g/mol. The number of ether oxygens (including phenoxy) is 1. The lowest BCUT2D eigenvalue weighted by Crippen LogP contribution is -2.45. The van der Waals surface area contributed by atoms with E-state index in [1.807, 2.05) is 6.08 Å². The Hall–Kier alpha value is -1.66. The minimum Gasteiger partial charge on any atom is -0.466 e. The van der Waals surface area contributed by atoms with Crippen molar-refractivity contribution in [2.45, 2.75) is 392 Å². The number of rotatable bonds is 64. The van der Waals surface area contributed by atoms with Gasteiger partial charge in [0, 0.05) is 12.8 Å². The van der Waals surface area contributed by atoms with Crippen molar-refractivity contribution in [3.8, 4) is 0 Å². The molecule has 75 heavy (non-hydrogen) atoms. The second kappa shape index (κ2) is 64.9. The third-order valence-corrected chi connectivity index (χ3v) is 16.0. The van der Waals surface area contributed by atoms with Gasteiger partial charge in [-0.3, -0.25) is 9.59 Å². The first-order valence-corrected chi connectivity index (χ1v) is 34.1. The molecule has 0 saturated carbocycles. The summed E-state index contributed by atoms with van der Waals surface area (Å²) in [5.41, 5.74) is 0. The van der Waals surface area contributed by atoms with E-state index in [-0.39, 0.29) is 18.5 Å². The standard InChI is InChI=1S/C69H133NO5/c1-3-5-7-9-11-13-15-17-19-31-34-37-41-45-49-53-57-61-67(72)66(65-71)70-68(73)62-58-54-50-46-42-38-35-32-29-27-25-23-21-20-22-24-26-28-30-33-36-40-44-48-52-56-60-64-75-69(74)63-59-55-51-47-43-39-18-16-14-12-10-8-6-4-2/h16,18,57,61,66-67,71-72H,3-15,17,19-56,58-60,62-65H2,1-2H3,(H,70,73)/b18-16-,61-57+. The van der Waals surface area contributed by atoms with Crippen molar-refractivity contribution in [2.75, 3.05) is 13.2 Å². The number of unbranched alkanes of at least 4 members (excludes halogenated alkanes) is 51. The molecule has 0 aliphatic carbocycles. The predicted octanol–water partition coefficient (Wildman–Crippen LogP) is 21.8. The predicted molar refractivity (Wildman–Crippen MR) is 329 cm³/mol. The summed E-state index contributed by atoms with van der Waals surface area (Å²) < 4.78 is 5.49. The zero-order chi connectivity index (χ0) is 54.3. The van der Waals surface area contributed by atoms with Crippen LogP contribution in [-0.4, -0.2) is 47.4 Å². The van der Waals surface area contributed by atoms with Gasteiger partial charge >= 0.3 is 5.97 Å². The topological polar surface area (TPSA) is 95.9 Å². The molecule has 0 fully saturated rings. The van der Waals surface area contributed by atoms with Crippen LogP contribution in [-0.2, 0) is 14.3 Å². The van der Waals surface area contributed by atoms with Gasteiger partial charge in [-0.2, -0.15) is 0 Å². The summed E-state index contributed by atoms with van der Waals surface area (Å²) in [7, 11) is 0. The van der Waals surface area contributed by atoms with E-state index in [1.54, 1.807) is 6.08 Å². The van der Waals surface area contributed by atoms with Crippen LogP contribution < -0.4 is 5.32 Å². The molecule has 0 aromatic carbocycles. The Balaban J connectivity index is 3.37. The summed E-state index contributed by atoms with van der Waals surface area (Å²) in [4.78, 5) is 24.5. The van der Waals surface area contributed by atoms with Gasteiger partial charge in [0.2, 0.25) is 5.91 Å². The van der Waals surface area contributed by atoms with Gasteiger partial charge in [0.1, 0.15) is 0 Å². The van der Waals surface area contributed by atoms with Crippen molar-refractivity contribution in [2.24, 2.45) is 0 Å². The second-order valence-electron chi connectivity index (χ2n) is 23.5. The minimum atomic E-state index is -0.842. The van der Waals surface area contributed by atoms with Gasteiger partial charge in [0.25, 0.3) is 0 Å². The van der Waals surface area contributed by atoms with Crippen LogP contribution in [0.1, 0.15) is 380 Å². The van der Waals surface area contributed by atoms with Gasteiger partial charge < -0.3 is 20.3 Å². The number of hydrogen-bond acceptors (Lipinski definition) is 5. The van der Waals surface area contributed by atoms with Crippen molar-refractivity contribution in [1.29, 1.82) is 0 Å². The molecular formula is C69H133NO5. The van der Waals surface area contributed by atoms with Crippen LogP contribution in [0.25, 0.3) is 0 Å². The SMILES string of the molecule is CCCCCCC/C=C\CCCCCCCC(=O)OCCCCCCCCCCCCCCCCCCCCCCCCCCCCCC(=O)NC(CO)C(O)/C=C/CCCCCCCCCCCCCCCCC. The first kappa shape index (κ1) is 73.3. The van der Waals surface area contributed by atoms with Crippen LogP contribution in [0.15, 0.2) is 24.3 Å². The lowest BCUT2D eigenvalue weighted by Gasteiger charge is -2.20. The summed E-state index contributed by atoms with van der Waals surface area (Å²) in [5, 5.41) is 23.2. The monoisotopic (exact) mass is 1060 g/mol. The Morgan fingerprint density at radius 3 is 0.947 bits per heavy atom. The minimum absolute atomic E-state index is 0.00966. The fourth-order valence-electron chi connectivity index (χ4n) is 10.7. The van der Waals surface area contributed by atoms with E-state index >= 15 is 0 Å². The molecule has 2 unspecified atom stereocenters. The van der Waals surface area contributed by atoms with Gasteiger partial charge in [0.05, 0.1) is 25.4 Å². The lowest BCUT2D eigenvalue weighted by atomic mass is 10.0. The number of amides is 1. The molecule has 0 spiro atoms. The number of carbonyl (C=O) groups excluding carboxylic acids is 2. The molecule has 0 aromatic rings. The molecule has 6 nitrogen and oxygen atoms in total. The van der Waals surface area contributed by atoms with Crippen LogP contribution in [0.4, 0.5) is 0 Å². The van der Waals surface area contributed by atoms with Gasteiger partial charge in [-0.25, -0.2) is 0 Å². The second-order valence-corrected chi connectivity index (χ2v) is 23.5. The highest BCUT2D eigenvalue weighted by molar-refractivity contribution is 5.76. The normalized spacial score (nSPS) is 12.6. The number of hydrogen-bond donors (Lipinski definition) is 3. The molecule has 0 rings (SSSR count). The summed E-state index contributed by atoms with van der Waals surface area (Å²) >= 11 is 0. The van der Waals surface area contributed by atoms with Crippen LogP contribution in [0, 0.1) is 0 Å². The van der Waals surface area contributed by atoms with Crippen LogP contribution in [0.3, 0.4) is 0 Å². The van der Waals surface area contributed by atoms with Crippen molar-refractivity contribution in [1.82, 2.24) is 5.32 Å². The van der Waals surface area contributed by atoms with E-state index in [1.165, 1.54) is 308 Å². The highest BCUT2D eigenvalue weighted by Gasteiger charge is 2.18. The lowest BCUT2D eigenvalue weighted by molar-refractivity contribution is -0.143. The number of carbonyl (C=O) groups is 2. The first-order chi connectivity index (χ1) is 37.0. The van der Waals surface area contributed by atoms with Crippen molar-refractivity contribution in [3.05, 3.63) is 24.3 Å². The molecule has 0 bridgehead atoms. The molecule has 1 amide bonds. The smallest absolute Gasteiger partial charge is 0.305 e. The molecular weight excluding hydrogens is 923 g/mol. The summed E-state index contributed by atoms with van der Waals surface area (Å²) in [6, 6.07) is -0.626. The van der Waals surface area contributed by atoms with Gasteiger partial charge in [0.15, 0.2) is 0 Å². The number of esters is 1. The molecule has 0 radical (unpaired) electrons. The Morgan fingerprint density at radius 1 is 0.360 bits per heavy atom. The van der Waals surface area contributed by atoms with Crippen LogP contribution >= 0.6 is 0 Å². The number of aliphatic hydroxyl groups is 2. The zero-order valence-corrected chi connectivity index (χ0v) is 50.8. The molecule has 0 heterocycles. The molecule has 6 heteroatoms.